The lowest BCUT2D eigenvalue weighted by molar-refractivity contribution is 0.108. The van der Waals surface area contributed by atoms with Crippen LogP contribution in [0.3, 0.4) is 0 Å². The molecule has 1 aliphatic carbocycles. The Morgan fingerprint density at radius 1 is 1.36 bits per heavy atom. The molecular formula is C12H25NO. The fourth-order valence-electron chi connectivity index (χ4n) is 2.20. The highest BCUT2D eigenvalue weighted by atomic mass is 16.3. The van der Waals surface area contributed by atoms with Gasteiger partial charge in [0.25, 0.3) is 0 Å². The van der Waals surface area contributed by atoms with Gasteiger partial charge >= 0.3 is 0 Å². The van der Waals surface area contributed by atoms with Crippen molar-refractivity contribution in [1.82, 2.24) is 4.90 Å². The largest absolute Gasteiger partial charge is 0.393 e. The third-order valence-corrected chi connectivity index (χ3v) is 3.25. The number of aliphatic hydroxyl groups excluding tert-OH is 1. The SMILES string of the molecule is CC(C)CCN(C)CC1CCCC1O. The molecule has 0 aliphatic heterocycles. The maximum Gasteiger partial charge on any atom is 0.0580 e. The van der Waals surface area contributed by atoms with Crippen LogP contribution in [0.4, 0.5) is 0 Å². The predicted octanol–water partition coefficient (Wildman–Crippen LogP) is 2.13. The van der Waals surface area contributed by atoms with Crippen molar-refractivity contribution in [2.24, 2.45) is 11.8 Å². The first-order chi connectivity index (χ1) is 6.59. The number of aliphatic hydroxyl groups is 1. The van der Waals surface area contributed by atoms with Crippen molar-refractivity contribution in [2.45, 2.75) is 45.6 Å². The van der Waals surface area contributed by atoms with Crippen LogP contribution in [0.15, 0.2) is 0 Å². The van der Waals surface area contributed by atoms with E-state index in [1.54, 1.807) is 0 Å². The van der Waals surface area contributed by atoms with E-state index in [4.69, 9.17) is 0 Å². The van der Waals surface area contributed by atoms with Crippen LogP contribution in [-0.2, 0) is 0 Å². The molecule has 1 rings (SSSR count). The maximum absolute atomic E-state index is 9.69. The molecule has 0 spiro atoms. The molecule has 0 saturated heterocycles. The first-order valence-corrected chi connectivity index (χ1v) is 5.96. The van der Waals surface area contributed by atoms with Gasteiger partial charge < -0.3 is 10.0 Å². The Morgan fingerprint density at radius 2 is 2.07 bits per heavy atom. The van der Waals surface area contributed by atoms with Gasteiger partial charge in [-0.25, -0.2) is 0 Å². The molecule has 0 radical (unpaired) electrons. The van der Waals surface area contributed by atoms with Gasteiger partial charge in [0.2, 0.25) is 0 Å². The minimum atomic E-state index is -0.0310. The van der Waals surface area contributed by atoms with Gasteiger partial charge in [-0.15, -0.1) is 0 Å². The van der Waals surface area contributed by atoms with Crippen molar-refractivity contribution in [1.29, 1.82) is 0 Å². The summed E-state index contributed by atoms with van der Waals surface area (Å²) in [4.78, 5) is 2.37. The Morgan fingerprint density at radius 3 is 2.57 bits per heavy atom. The van der Waals surface area contributed by atoms with Crippen molar-refractivity contribution in [3.8, 4) is 0 Å². The second-order valence-corrected chi connectivity index (χ2v) is 5.20. The van der Waals surface area contributed by atoms with Gasteiger partial charge in [-0.3, -0.25) is 0 Å². The Balaban J connectivity index is 2.16. The van der Waals surface area contributed by atoms with E-state index in [0.717, 1.165) is 18.9 Å². The van der Waals surface area contributed by atoms with E-state index in [0.29, 0.717) is 5.92 Å². The smallest absolute Gasteiger partial charge is 0.0580 e. The summed E-state index contributed by atoms with van der Waals surface area (Å²) in [5.41, 5.74) is 0. The van der Waals surface area contributed by atoms with Gasteiger partial charge in [-0.2, -0.15) is 0 Å². The van der Waals surface area contributed by atoms with E-state index in [2.05, 4.69) is 25.8 Å². The highest BCUT2D eigenvalue weighted by Gasteiger charge is 2.25. The van der Waals surface area contributed by atoms with E-state index in [9.17, 15) is 5.11 Å². The standard InChI is InChI=1S/C12H25NO/c1-10(2)7-8-13(3)9-11-5-4-6-12(11)14/h10-12,14H,4-9H2,1-3H3. The highest BCUT2D eigenvalue weighted by molar-refractivity contribution is 4.78. The Bertz CT molecular complexity index is 158. The molecule has 2 nitrogen and oxygen atoms in total. The van der Waals surface area contributed by atoms with E-state index in [1.807, 2.05) is 0 Å². The average Bonchev–Trinajstić information content (AvgIpc) is 2.49. The van der Waals surface area contributed by atoms with Crippen LogP contribution in [0.25, 0.3) is 0 Å². The van der Waals surface area contributed by atoms with E-state index in [1.165, 1.54) is 25.8 Å². The summed E-state index contributed by atoms with van der Waals surface area (Å²) in [6.45, 7) is 6.77. The van der Waals surface area contributed by atoms with Crippen molar-refractivity contribution in [3.63, 3.8) is 0 Å². The lowest BCUT2D eigenvalue weighted by Gasteiger charge is -2.23. The zero-order valence-corrected chi connectivity index (χ0v) is 9.87. The molecule has 0 aromatic rings. The third kappa shape index (κ3) is 3.97. The summed E-state index contributed by atoms with van der Waals surface area (Å²) in [7, 11) is 2.17. The Kier molecular flexibility index (Phi) is 4.90. The summed E-state index contributed by atoms with van der Waals surface area (Å²) in [6, 6.07) is 0. The fourth-order valence-corrected chi connectivity index (χ4v) is 2.20. The monoisotopic (exact) mass is 199 g/mol. The van der Waals surface area contributed by atoms with Crippen molar-refractivity contribution >= 4 is 0 Å². The van der Waals surface area contributed by atoms with Gasteiger partial charge in [0, 0.05) is 6.54 Å². The zero-order valence-electron chi connectivity index (χ0n) is 9.87. The van der Waals surface area contributed by atoms with Crippen molar-refractivity contribution in [3.05, 3.63) is 0 Å². The normalized spacial score (nSPS) is 27.9. The molecule has 1 aliphatic rings. The Hall–Kier alpha value is -0.0800. The van der Waals surface area contributed by atoms with Crippen LogP contribution in [0.1, 0.15) is 39.5 Å². The third-order valence-electron chi connectivity index (χ3n) is 3.25. The van der Waals surface area contributed by atoms with E-state index in [-0.39, 0.29) is 6.10 Å². The van der Waals surface area contributed by atoms with Crippen LogP contribution in [0.2, 0.25) is 0 Å². The van der Waals surface area contributed by atoms with Gasteiger partial charge in [-0.05, 0) is 44.7 Å². The zero-order chi connectivity index (χ0) is 10.6. The summed E-state index contributed by atoms with van der Waals surface area (Å²) < 4.78 is 0. The topological polar surface area (TPSA) is 23.5 Å². The van der Waals surface area contributed by atoms with Crippen LogP contribution in [-0.4, -0.2) is 36.2 Å². The van der Waals surface area contributed by atoms with Crippen molar-refractivity contribution in [2.75, 3.05) is 20.1 Å². The van der Waals surface area contributed by atoms with Crippen LogP contribution < -0.4 is 0 Å². The molecular weight excluding hydrogens is 174 g/mol. The predicted molar refractivity (Wildman–Crippen MR) is 60.3 cm³/mol. The number of rotatable bonds is 5. The molecule has 0 heterocycles. The van der Waals surface area contributed by atoms with Crippen LogP contribution >= 0.6 is 0 Å². The first kappa shape index (κ1) is 12.0. The summed E-state index contributed by atoms with van der Waals surface area (Å²) in [5.74, 6) is 1.32. The van der Waals surface area contributed by atoms with Gasteiger partial charge in [0.05, 0.1) is 6.10 Å². The fraction of sp³-hybridized carbons (Fsp3) is 1.00. The second-order valence-electron chi connectivity index (χ2n) is 5.20. The number of hydrogen-bond donors (Lipinski definition) is 1. The molecule has 14 heavy (non-hydrogen) atoms. The molecule has 1 N–H and O–H groups in total. The molecule has 0 aromatic heterocycles. The van der Waals surface area contributed by atoms with Gasteiger partial charge in [0.1, 0.15) is 0 Å². The molecule has 0 amide bonds. The summed E-state index contributed by atoms with van der Waals surface area (Å²) >= 11 is 0. The maximum atomic E-state index is 9.69. The molecule has 2 atom stereocenters. The Labute approximate surface area is 88.3 Å². The molecule has 1 fully saturated rings. The number of hydrogen-bond acceptors (Lipinski definition) is 2. The number of nitrogens with zero attached hydrogens (tertiary/aromatic N) is 1. The van der Waals surface area contributed by atoms with E-state index < -0.39 is 0 Å². The molecule has 84 valence electrons. The molecule has 0 aromatic carbocycles. The first-order valence-electron chi connectivity index (χ1n) is 5.96. The molecule has 1 saturated carbocycles. The van der Waals surface area contributed by atoms with Gasteiger partial charge in [-0.1, -0.05) is 20.3 Å². The summed E-state index contributed by atoms with van der Waals surface area (Å²) in [5, 5.41) is 9.69. The minimum Gasteiger partial charge on any atom is -0.393 e. The minimum absolute atomic E-state index is 0.0310. The molecule has 2 heteroatoms. The lowest BCUT2D eigenvalue weighted by Crippen LogP contribution is -2.31. The van der Waals surface area contributed by atoms with E-state index >= 15 is 0 Å². The molecule has 2 unspecified atom stereocenters. The quantitative estimate of drug-likeness (QED) is 0.733. The van der Waals surface area contributed by atoms with Gasteiger partial charge in [0.15, 0.2) is 0 Å². The van der Waals surface area contributed by atoms with Crippen LogP contribution in [0.5, 0.6) is 0 Å². The summed E-state index contributed by atoms with van der Waals surface area (Å²) in [6.07, 6.45) is 4.68. The lowest BCUT2D eigenvalue weighted by atomic mass is 10.0. The highest BCUT2D eigenvalue weighted by Crippen LogP contribution is 2.25. The van der Waals surface area contributed by atoms with Crippen molar-refractivity contribution < 1.29 is 5.11 Å². The average molecular weight is 199 g/mol. The second kappa shape index (κ2) is 5.72. The molecule has 0 bridgehead atoms. The van der Waals surface area contributed by atoms with Crippen LogP contribution in [0, 0.1) is 11.8 Å².